The summed E-state index contributed by atoms with van der Waals surface area (Å²) in [6, 6.07) is 1.69. The van der Waals surface area contributed by atoms with Gasteiger partial charge in [-0.2, -0.15) is 5.10 Å². The Morgan fingerprint density at radius 1 is 1.67 bits per heavy atom. The standard InChI is InChI=1S/C9H12N4O2/c1-5(14)3-7-4-8-11-12-9(15)13(8)6(2)10-7/h4-5,14H,3H2,1-2H3,(H,12,15). The molecule has 0 saturated heterocycles. The molecule has 2 aromatic heterocycles. The summed E-state index contributed by atoms with van der Waals surface area (Å²) in [6.45, 7) is 3.42. The van der Waals surface area contributed by atoms with Crippen LogP contribution in [0, 0.1) is 6.92 Å². The van der Waals surface area contributed by atoms with Gasteiger partial charge in [-0.15, -0.1) is 0 Å². The molecule has 1 atom stereocenters. The zero-order chi connectivity index (χ0) is 11.0. The molecule has 0 amide bonds. The normalized spacial score (nSPS) is 13.3. The number of hydrogen-bond acceptors (Lipinski definition) is 4. The Labute approximate surface area is 85.6 Å². The van der Waals surface area contributed by atoms with Crippen molar-refractivity contribution in [1.82, 2.24) is 19.6 Å². The van der Waals surface area contributed by atoms with Crippen molar-refractivity contribution < 1.29 is 5.11 Å². The molecule has 2 rings (SSSR count). The number of aromatic amines is 1. The summed E-state index contributed by atoms with van der Waals surface area (Å²) in [5.74, 6) is 0.571. The zero-order valence-corrected chi connectivity index (χ0v) is 8.56. The molecule has 80 valence electrons. The van der Waals surface area contributed by atoms with Crippen LogP contribution in [-0.2, 0) is 6.42 Å². The summed E-state index contributed by atoms with van der Waals surface area (Å²) in [7, 11) is 0. The minimum absolute atomic E-state index is 0.293. The van der Waals surface area contributed by atoms with E-state index in [9.17, 15) is 9.90 Å². The van der Waals surface area contributed by atoms with Gasteiger partial charge in [0.1, 0.15) is 5.82 Å². The lowest BCUT2D eigenvalue weighted by molar-refractivity contribution is 0.194. The Kier molecular flexibility index (Phi) is 2.28. The average molecular weight is 208 g/mol. The molecule has 1 unspecified atom stereocenters. The van der Waals surface area contributed by atoms with Gasteiger partial charge in [0.05, 0.1) is 6.10 Å². The number of fused-ring (bicyclic) bond motifs is 1. The highest BCUT2D eigenvalue weighted by atomic mass is 16.3. The van der Waals surface area contributed by atoms with E-state index in [0.717, 1.165) is 5.69 Å². The number of aliphatic hydroxyl groups excluding tert-OH is 1. The number of nitrogens with zero attached hydrogens (tertiary/aromatic N) is 3. The maximum absolute atomic E-state index is 11.3. The average Bonchev–Trinajstić information content (AvgIpc) is 2.46. The van der Waals surface area contributed by atoms with Crippen molar-refractivity contribution in [3.63, 3.8) is 0 Å². The van der Waals surface area contributed by atoms with Crippen LogP contribution < -0.4 is 5.69 Å². The van der Waals surface area contributed by atoms with Gasteiger partial charge in [-0.25, -0.2) is 19.3 Å². The molecule has 0 radical (unpaired) electrons. The van der Waals surface area contributed by atoms with Gasteiger partial charge >= 0.3 is 5.69 Å². The quantitative estimate of drug-likeness (QED) is 0.706. The van der Waals surface area contributed by atoms with Crippen molar-refractivity contribution in [2.45, 2.75) is 26.4 Å². The second-order valence-electron chi connectivity index (χ2n) is 3.57. The molecule has 2 aromatic rings. The Hall–Kier alpha value is -1.69. The first-order valence-corrected chi connectivity index (χ1v) is 4.69. The Morgan fingerprint density at radius 2 is 2.40 bits per heavy atom. The Morgan fingerprint density at radius 3 is 3.07 bits per heavy atom. The summed E-state index contributed by atoms with van der Waals surface area (Å²) in [5, 5.41) is 15.4. The molecule has 0 saturated carbocycles. The Balaban J connectivity index is 2.58. The van der Waals surface area contributed by atoms with Crippen LogP contribution in [0.1, 0.15) is 18.4 Å². The van der Waals surface area contributed by atoms with Crippen LogP contribution in [-0.4, -0.2) is 30.8 Å². The minimum atomic E-state index is -0.454. The molecule has 0 fully saturated rings. The fraction of sp³-hybridized carbons (Fsp3) is 0.444. The van der Waals surface area contributed by atoms with Crippen LogP contribution in [0.3, 0.4) is 0 Å². The van der Waals surface area contributed by atoms with E-state index < -0.39 is 6.10 Å². The van der Waals surface area contributed by atoms with Crippen molar-refractivity contribution in [1.29, 1.82) is 0 Å². The third-order valence-electron chi connectivity index (χ3n) is 2.13. The molecule has 15 heavy (non-hydrogen) atoms. The number of aryl methyl sites for hydroxylation is 1. The maximum atomic E-state index is 11.3. The van der Waals surface area contributed by atoms with E-state index >= 15 is 0 Å². The van der Waals surface area contributed by atoms with Crippen molar-refractivity contribution >= 4 is 5.65 Å². The molecule has 2 N–H and O–H groups in total. The maximum Gasteiger partial charge on any atom is 0.349 e. The third-order valence-corrected chi connectivity index (χ3v) is 2.13. The van der Waals surface area contributed by atoms with Gasteiger partial charge in [0.25, 0.3) is 0 Å². The van der Waals surface area contributed by atoms with E-state index in [0.29, 0.717) is 17.9 Å². The van der Waals surface area contributed by atoms with E-state index in [1.165, 1.54) is 4.40 Å². The van der Waals surface area contributed by atoms with Crippen molar-refractivity contribution in [2.24, 2.45) is 0 Å². The fourth-order valence-corrected chi connectivity index (χ4v) is 1.57. The van der Waals surface area contributed by atoms with Gasteiger partial charge < -0.3 is 5.11 Å². The van der Waals surface area contributed by atoms with Crippen LogP contribution in [0.2, 0.25) is 0 Å². The number of rotatable bonds is 2. The second kappa shape index (κ2) is 3.47. The summed E-state index contributed by atoms with van der Waals surface area (Å²) in [4.78, 5) is 15.5. The van der Waals surface area contributed by atoms with Crippen LogP contribution in [0.25, 0.3) is 5.65 Å². The lowest BCUT2D eigenvalue weighted by atomic mass is 10.2. The molecule has 0 aliphatic heterocycles. The first-order valence-electron chi connectivity index (χ1n) is 4.69. The fourth-order valence-electron chi connectivity index (χ4n) is 1.57. The number of hydrogen-bond donors (Lipinski definition) is 2. The van der Waals surface area contributed by atoms with E-state index in [-0.39, 0.29) is 5.69 Å². The lowest BCUT2D eigenvalue weighted by Crippen LogP contribution is -2.15. The molecule has 6 heteroatoms. The van der Waals surface area contributed by atoms with Crippen LogP contribution in [0.4, 0.5) is 0 Å². The molecule has 0 aliphatic rings. The monoisotopic (exact) mass is 208 g/mol. The van der Waals surface area contributed by atoms with Crippen molar-refractivity contribution in [2.75, 3.05) is 0 Å². The van der Waals surface area contributed by atoms with Crippen molar-refractivity contribution in [3.05, 3.63) is 28.1 Å². The SMILES string of the molecule is Cc1nc(CC(C)O)cc2n[nH]c(=O)n12. The van der Waals surface area contributed by atoms with E-state index in [4.69, 9.17) is 0 Å². The van der Waals surface area contributed by atoms with Gasteiger partial charge in [-0.05, 0) is 13.8 Å². The van der Waals surface area contributed by atoms with Crippen LogP contribution >= 0.6 is 0 Å². The summed E-state index contributed by atoms with van der Waals surface area (Å²) in [6.07, 6.45) is 0.00305. The number of H-pyrrole nitrogens is 1. The Bertz CT molecular complexity index is 541. The highest BCUT2D eigenvalue weighted by Crippen LogP contribution is 2.05. The first-order chi connectivity index (χ1) is 7.08. The van der Waals surface area contributed by atoms with Gasteiger partial charge in [-0.3, -0.25) is 0 Å². The third kappa shape index (κ3) is 1.75. The molecule has 0 spiro atoms. The van der Waals surface area contributed by atoms with Crippen LogP contribution in [0.15, 0.2) is 10.9 Å². The number of aromatic nitrogens is 4. The largest absolute Gasteiger partial charge is 0.393 e. The zero-order valence-electron chi connectivity index (χ0n) is 8.56. The number of nitrogens with one attached hydrogen (secondary N) is 1. The molecule has 0 bridgehead atoms. The van der Waals surface area contributed by atoms with E-state index in [1.807, 2.05) is 0 Å². The highest BCUT2D eigenvalue weighted by Gasteiger charge is 2.08. The molecule has 0 aromatic carbocycles. The molecule has 2 heterocycles. The molecule has 0 aliphatic carbocycles. The predicted octanol–water partition coefficient (Wildman–Crippen LogP) is -0.351. The van der Waals surface area contributed by atoms with Gasteiger partial charge in [0, 0.05) is 18.2 Å². The summed E-state index contributed by atoms with van der Waals surface area (Å²) >= 11 is 0. The van der Waals surface area contributed by atoms with Crippen molar-refractivity contribution in [3.8, 4) is 0 Å². The van der Waals surface area contributed by atoms with Gasteiger partial charge in [0.2, 0.25) is 0 Å². The summed E-state index contributed by atoms with van der Waals surface area (Å²) < 4.78 is 1.39. The first kappa shape index (κ1) is 9.85. The van der Waals surface area contributed by atoms with Gasteiger partial charge in [-0.1, -0.05) is 0 Å². The van der Waals surface area contributed by atoms with E-state index in [1.54, 1.807) is 19.9 Å². The minimum Gasteiger partial charge on any atom is -0.393 e. The van der Waals surface area contributed by atoms with Gasteiger partial charge in [0.15, 0.2) is 5.65 Å². The molecular formula is C9H12N4O2. The summed E-state index contributed by atoms with van der Waals surface area (Å²) in [5.41, 5.74) is 0.968. The lowest BCUT2D eigenvalue weighted by Gasteiger charge is -2.05. The van der Waals surface area contributed by atoms with Crippen LogP contribution in [0.5, 0.6) is 0 Å². The number of aliphatic hydroxyl groups is 1. The highest BCUT2D eigenvalue weighted by molar-refractivity contribution is 5.38. The molecule has 6 nitrogen and oxygen atoms in total. The second-order valence-corrected chi connectivity index (χ2v) is 3.57. The van der Waals surface area contributed by atoms with E-state index in [2.05, 4.69) is 15.2 Å². The molecular weight excluding hydrogens is 196 g/mol. The smallest absolute Gasteiger partial charge is 0.349 e. The predicted molar refractivity (Wildman–Crippen MR) is 53.7 cm³/mol. The topological polar surface area (TPSA) is 83.3 Å².